The predicted molar refractivity (Wildman–Crippen MR) is 63.6 cm³/mol. The van der Waals surface area contributed by atoms with Gasteiger partial charge in [0.2, 0.25) is 0 Å². The van der Waals surface area contributed by atoms with Crippen molar-refractivity contribution in [2.45, 2.75) is 4.90 Å². The molecule has 0 aliphatic carbocycles. The van der Waals surface area contributed by atoms with Crippen LogP contribution in [-0.2, 0) is 0 Å². The van der Waals surface area contributed by atoms with Gasteiger partial charge in [-0.3, -0.25) is 0 Å². The molecule has 1 aromatic carbocycles. The van der Waals surface area contributed by atoms with Crippen LogP contribution in [0.3, 0.4) is 0 Å². The minimum Gasteiger partial charge on any atom is -0.354 e. The van der Waals surface area contributed by atoms with Gasteiger partial charge in [0.05, 0.1) is 22.4 Å². The van der Waals surface area contributed by atoms with Crippen LogP contribution in [0.15, 0.2) is 17.0 Å². The molecule has 1 aliphatic rings. The Morgan fingerprint density at radius 3 is 2.87 bits per heavy atom. The Hall–Kier alpha value is -0.160. The highest BCUT2D eigenvalue weighted by Crippen LogP contribution is 2.38. The van der Waals surface area contributed by atoms with Crippen LogP contribution in [0, 0.1) is 0 Å². The molecule has 0 aromatic heterocycles. The Morgan fingerprint density at radius 1 is 1.40 bits per heavy atom. The zero-order valence-electron chi connectivity index (χ0n) is 7.77. The average molecular weight is 267 g/mol. The van der Waals surface area contributed by atoms with E-state index in [9.17, 15) is 4.39 Å². The summed E-state index contributed by atoms with van der Waals surface area (Å²) in [6.45, 7) is 0.587. The van der Waals surface area contributed by atoms with Crippen molar-refractivity contribution in [1.82, 2.24) is 4.72 Å². The molecule has 1 heterocycles. The van der Waals surface area contributed by atoms with Gasteiger partial charge in [0.25, 0.3) is 0 Å². The minimum absolute atomic E-state index is 0.360. The lowest BCUT2D eigenvalue weighted by molar-refractivity contribution is 0.488. The molecule has 0 radical (unpaired) electrons. The fourth-order valence-electron chi connectivity index (χ4n) is 1.42. The van der Waals surface area contributed by atoms with E-state index in [0.29, 0.717) is 23.3 Å². The molecule has 0 spiro atoms. The first-order valence-corrected chi connectivity index (χ1v) is 5.99. The number of nitrogens with zero attached hydrogens (tertiary/aromatic N) is 1. The monoisotopic (exact) mass is 266 g/mol. The molecule has 6 heteroatoms. The number of nitrogens with one attached hydrogen (secondary N) is 1. The number of hydrogen-bond donors (Lipinski definition) is 1. The molecule has 15 heavy (non-hydrogen) atoms. The largest absolute Gasteiger partial charge is 0.354 e. The Balaban J connectivity index is 2.38. The Bertz CT molecular complexity index is 375. The Kier molecular flexibility index (Phi) is 3.61. The molecule has 1 aliphatic heterocycles. The van der Waals surface area contributed by atoms with Gasteiger partial charge < -0.3 is 4.90 Å². The highest BCUT2D eigenvalue weighted by Gasteiger charge is 2.18. The summed E-state index contributed by atoms with van der Waals surface area (Å²) < 4.78 is 15.4. The first kappa shape index (κ1) is 11.3. The number of alkyl halides is 1. The molecule has 0 amide bonds. The van der Waals surface area contributed by atoms with Crippen LogP contribution in [0.4, 0.5) is 10.1 Å². The topological polar surface area (TPSA) is 15.3 Å². The molecule has 0 atom stereocenters. The summed E-state index contributed by atoms with van der Waals surface area (Å²) in [6.07, 6.45) is 0. The lowest BCUT2D eigenvalue weighted by Crippen LogP contribution is -2.36. The smallest absolute Gasteiger partial charge is 0.107 e. The molecular formula is C9H9Cl2FN2S. The third kappa shape index (κ3) is 2.33. The summed E-state index contributed by atoms with van der Waals surface area (Å²) in [5, 5.41) is 1.02. The van der Waals surface area contributed by atoms with Gasteiger partial charge in [-0.2, -0.15) is 0 Å². The van der Waals surface area contributed by atoms with E-state index in [1.165, 1.54) is 11.9 Å². The van der Waals surface area contributed by atoms with Crippen molar-refractivity contribution in [2.24, 2.45) is 0 Å². The van der Waals surface area contributed by atoms with Gasteiger partial charge in [0.1, 0.15) is 6.67 Å². The van der Waals surface area contributed by atoms with Gasteiger partial charge in [-0.25, -0.2) is 9.11 Å². The first-order valence-electron chi connectivity index (χ1n) is 4.42. The van der Waals surface area contributed by atoms with Crippen LogP contribution in [0.1, 0.15) is 0 Å². The lowest BCUT2D eigenvalue weighted by atomic mass is 10.3. The van der Waals surface area contributed by atoms with E-state index in [0.717, 1.165) is 10.6 Å². The van der Waals surface area contributed by atoms with Gasteiger partial charge in [0, 0.05) is 11.4 Å². The van der Waals surface area contributed by atoms with Crippen molar-refractivity contribution in [2.75, 3.05) is 24.8 Å². The first-order chi connectivity index (χ1) is 7.22. The summed E-state index contributed by atoms with van der Waals surface area (Å²) in [4.78, 5) is 2.87. The van der Waals surface area contributed by atoms with E-state index in [1.807, 2.05) is 4.90 Å². The SMILES string of the molecule is FCCN1CNSc2cc(Cl)c(Cl)cc21. The average Bonchev–Trinajstić information content (AvgIpc) is 2.21. The maximum Gasteiger partial charge on any atom is 0.107 e. The van der Waals surface area contributed by atoms with Crippen molar-refractivity contribution >= 4 is 40.8 Å². The lowest BCUT2D eigenvalue weighted by Gasteiger charge is -2.30. The molecule has 0 saturated heterocycles. The number of halogens is 3. The fraction of sp³-hybridized carbons (Fsp3) is 0.333. The minimum atomic E-state index is -0.383. The normalized spacial score (nSPS) is 15.3. The molecule has 2 rings (SSSR count). The molecule has 0 saturated carbocycles. The Morgan fingerprint density at radius 2 is 2.13 bits per heavy atom. The predicted octanol–water partition coefficient (Wildman–Crippen LogP) is 3.34. The van der Waals surface area contributed by atoms with Crippen molar-refractivity contribution in [3.05, 3.63) is 22.2 Å². The number of rotatable bonds is 2. The van der Waals surface area contributed by atoms with Gasteiger partial charge in [-0.05, 0) is 24.1 Å². The van der Waals surface area contributed by atoms with E-state index in [2.05, 4.69) is 4.72 Å². The van der Waals surface area contributed by atoms with Gasteiger partial charge in [0.15, 0.2) is 0 Å². The number of fused-ring (bicyclic) bond motifs is 1. The molecule has 82 valence electrons. The van der Waals surface area contributed by atoms with E-state index in [-0.39, 0.29) is 6.67 Å². The van der Waals surface area contributed by atoms with Crippen molar-refractivity contribution in [3.63, 3.8) is 0 Å². The third-order valence-electron chi connectivity index (χ3n) is 2.13. The van der Waals surface area contributed by atoms with Gasteiger partial charge >= 0.3 is 0 Å². The highest BCUT2D eigenvalue weighted by molar-refractivity contribution is 7.97. The van der Waals surface area contributed by atoms with Crippen LogP contribution in [0.5, 0.6) is 0 Å². The van der Waals surface area contributed by atoms with E-state index in [1.54, 1.807) is 12.1 Å². The van der Waals surface area contributed by atoms with Crippen LogP contribution in [0.25, 0.3) is 0 Å². The molecule has 0 unspecified atom stereocenters. The van der Waals surface area contributed by atoms with Crippen LogP contribution in [0.2, 0.25) is 10.0 Å². The maximum absolute atomic E-state index is 12.3. The van der Waals surface area contributed by atoms with E-state index < -0.39 is 0 Å². The van der Waals surface area contributed by atoms with Gasteiger partial charge in [-0.1, -0.05) is 23.2 Å². The summed E-state index contributed by atoms with van der Waals surface area (Å²) in [5.74, 6) is 0. The van der Waals surface area contributed by atoms with Crippen molar-refractivity contribution in [1.29, 1.82) is 0 Å². The fourth-order valence-corrected chi connectivity index (χ4v) is 2.65. The van der Waals surface area contributed by atoms with Crippen LogP contribution >= 0.6 is 35.1 Å². The van der Waals surface area contributed by atoms with E-state index in [4.69, 9.17) is 23.2 Å². The zero-order chi connectivity index (χ0) is 10.8. The summed E-state index contributed by atoms with van der Waals surface area (Å²) in [5.41, 5.74) is 0.936. The molecule has 1 aromatic rings. The molecule has 0 fully saturated rings. The number of benzene rings is 1. The molecular weight excluding hydrogens is 258 g/mol. The third-order valence-corrected chi connectivity index (χ3v) is 3.68. The van der Waals surface area contributed by atoms with Crippen molar-refractivity contribution in [3.8, 4) is 0 Å². The van der Waals surface area contributed by atoms with Crippen LogP contribution < -0.4 is 9.62 Å². The van der Waals surface area contributed by atoms with Crippen LogP contribution in [-0.4, -0.2) is 19.9 Å². The summed E-state index contributed by atoms with van der Waals surface area (Å²) >= 11 is 13.3. The van der Waals surface area contributed by atoms with Gasteiger partial charge in [-0.15, -0.1) is 0 Å². The summed E-state index contributed by atoms with van der Waals surface area (Å²) in [6, 6.07) is 3.57. The van der Waals surface area contributed by atoms with Crippen molar-refractivity contribution < 1.29 is 4.39 Å². The molecule has 0 bridgehead atoms. The second-order valence-corrected chi connectivity index (χ2v) is 4.84. The Labute approximate surface area is 102 Å². The number of anilines is 1. The standard InChI is InChI=1S/C9H9Cl2FN2S/c10-6-3-8-9(4-7(6)11)15-13-5-14(8)2-1-12/h3-4,13H,1-2,5H2. The molecule has 1 N–H and O–H groups in total. The highest BCUT2D eigenvalue weighted by atomic mass is 35.5. The number of hydrogen-bond acceptors (Lipinski definition) is 3. The zero-order valence-corrected chi connectivity index (χ0v) is 10.1. The molecule has 2 nitrogen and oxygen atoms in total. The summed E-state index contributed by atoms with van der Waals surface area (Å²) in [7, 11) is 0. The second-order valence-electron chi connectivity index (χ2n) is 3.09. The van der Waals surface area contributed by atoms with E-state index >= 15 is 0 Å². The second kappa shape index (κ2) is 4.78. The quantitative estimate of drug-likeness (QED) is 0.827. The maximum atomic E-state index is 12.3.